The van der Waals surface area contributed by atoms with Crippen molar-refractivity contribution in [3.63, 3.8) is 0 Å². The average molecular weight is 354 g/mol. The van der Waals surface area contributed by atoms with Crippen LogP contribution in [-0.2, 0) is 6.54 Å². The highest BCUT2D eigenvalue weighted by atomic mass is 16.5. The van der Waals surface area contributed by atoms with Gasteiger partial charge in [0.1, 0.15) is 11.5 Å². The van der Waals surface area contributed by atoms with Crippen LogP contribution in [-0.4, -0.2) is 56.1 Å². The van der Waals surface area contributed by atoms with Crippen molar-refractivity contribution in [2.45, 2.75) is 13.5 Å². The van der Waals surface area contributed by atoms with Gasteiger partial charge in [0.25, 0.3) is 5.91 Å². The van der Waals surface area contributed by atoms with Gasteiger partial charge in [-0.3, -0.25) is 9.69 Å². The summed E-state index contributed by atoms with van der Waals surface area (Å²) in [6.07, 6.45) is 0. The Kier molecular flexibility index (Phi) is 5.78. The number of piperazine rings is 1. The van der Waals surface area contributed by atoms with Crippen molar-refractivity contribution in [3.8, 4) is 11.5 Å². The van der Waals surface area contributed by atoms with E-state index in [4.69, 9.17) is 9.47 Å². The molecule has 0 spiro atoms. The Morgan fingerprint density at radius 2 is 1.65 bits per heavy atom. The number of ether oxygens (including phenoxy) is 2. The number of methoxy groups -OCH3 is 2. The van der Waals surface area contributed by atoms with Gasteiger partial charge in [0.2, 0.25) is 0 Å². The van der Waals surface area contributed by atoms with Gasteiger partial charge in [-0.2, -0.15) is 0 Å². The molecular weight excluding hydrogens is 328 g/mol. The lowest BCUT2D eigenvalue weighted by Crippen LogP contribution is -2.48. The number of nitrogens with zero attached hydrogens (tertiary/aromatic N) is 2. The molecule has 138 valence electrons. The molecule has 0 unspecified atom stereocenters. The second kappa shape index (κ2) is 8.23. The van der Waals surface area contributed by atoms with E-state index in [9.17, 15) is 4.79 Å². The molecule has 2 aromatic rings. The van der Waals surface area contributed by atoms with E-state index in [1.54, 1.807) is 14.2 Å². The number of carbonyl (C=O) groups excluding carboxylic acids is 1. The maximum atomic E-state index is 12.8. The summed E-state index contributed by atoms with van der Waals surface area (Å²) in [6, 6.07) is 13.7. The van der Waals surface area contributed by atoms with Crippen molar-refractivity contribution >= 4 is 5.91 Å². The van der Waals surface area contributed by atoms with Crippen molar-refractivity contribution in [1.29, 1.82) is 0 Å². The first-order chi connectivity index (χ1) is 12.6. The van der Waals surface area contributed by atoms with Gasteiger partial charge in [0.05, 0.1) is 19.8 Å². The summed E-state index contributed by atoms with van der Waals surface area (Å²) in [6.45, 7) is 6.14. The molecule has 1 aliphatic rings. The van der Waals surface area contributed by atoms with E-state index in [-0.39, 0.29) is 5.91 Å². The number of para-hydroxylation sites is 1. The molecule has 1 saturated heterocycles. The number of aryl methyl sites for hydroxylation is 1. The summed E-state index contributed by atoms with van der Waals surface area (Å²) in [5.41, 5.74) is 3.05. The standard InChI is InChI=1S/C21H26N2O3/c1-16-14-17(8-9-19(16)25-2)15-22-10-12-23(13-11-22)21(24)18-6-4-5-7-20(18)26-3/h4-9,14H,10-13,15H2,1-3H3. The molecule has 2 aromatic carbocycles. The summed E-state index contributed by atoms with van der Waals surface area (Å²) in [4.78, 5) is 17.1. The van der Waals surface area contributed by atoms with Crippen LogP contribution in [0.1, 0.15) is 21.5 Å². The molecule has 0 N–H and O–H groups in total. The van der Waals surface area contributed by atoms with E-state index in [1.807, 2.05) is 35.2 Å². The van der Waals surface area contributed by atoms with Crippen LogP contribution in [0, 0.1) is 6.92 Å². The predicted octanol–water partition coefficient (Wildman–Crippen LogP) is 2.97. The fourth-order valence-corrected chi connectivity index (χ4v) is 3.40. The summed E-state index contributed by atoms with van der Waals surface area (Å²) >= 11 is 0. The fraction of sp³-hybridized carbons (Fsp3) is 0.381. The van der Waals surface area contributed by atoms with E-state index in [0.717, 1.165) is 44.0 Å². The van der Waals surface area contributed by atoms with Crippen LogP contribution >= 0.6 is 0 Å². The van der Waals surface area contributed by atoms with Gasteiger partial charge in [0, 0.05) is 32.7 Å². The zero-order valence-electron chi connectivity index (χ0n) is 15.7. The molecule has 26 heavy (non-hydrogen) atoms. The molecule has 0 aromatic heterocycles. The molecule has 1 fully saturated rings. The Morgan fingerprint density at radius 1 is 0.962 bits per heavy atom. The third-order valence-electron chi connectivity index (χ3n) is 4.86. The first-order valence-corrected chi connectivity index (χ1v) is 8.90. The minimum absolute atomic E-state index is 0.0439. The lowest BCUT2D eigenvalue weighted by atomic mass is 10.1. The van der Waals surface area contributed by atoms with Gasteiger partial charge < -0.3 is 14.4 Å². The largest absolute Gasteiger partial charge is 0.496 e. The maximum Gasteiger partial charge on any atom is 0.257 e. The molecule has 0 radical (unpaired) electrons. The molecule has 0 atom stereocenters. The maximum absolute atomic E-state index is 12.8. The first kappa shape index (κ1) is 18.3. The average Bonchev–Trinajstić information content (AvgIpc) is 2.68. The SMILES string of the molecule is COc1ccc(CN2CCN(C(=O)c3ccccc3OC)CC2)cc1C. The Balaban J connectivity index is 1.59. The molecule has 0 saturated carbocycles. The Morgan fingerprint density at radius 3 is 2.31 bits per heavy atom. The minimum atomic E-state index is 0.0439. The second-order valence-corrected chi connectivity index (χ2v) is 6.57. The van der Waals surface area contributed by atoms with Crippen LogP contribution in [0.3, 0.4) is 0 Å². The highest BCUT2D eigenvalue weighted by Gasteiger charge is 2.24. The van der Waals surface area contributed by atoms with Gasteiger partial charge >= 0.3 is 0 Å². The molecule has 3 rings (SSSR count). The molecule has 1 aliphatic heterocycles. The van der Waals surface area contributed by atoms with E-state index < -0.39 is 0 Å². The summed E-state index contributed by atoms with van der Waals surface area (Å²) in [5.74, 6) is 1.59. The van der Waals surface area contributed by atoms with Gasteiger partial charge in [-0.1, -0.05) is 24.3 Å². The summed E-state index contributed by atoms with van der Waals surface area (Å²) in [5, 5.41) is 0. The van der Waals surface area contributed by atoms with Crippen molar-refractivity contribution in [2.24, 2.45) is 0 Å². The van der Waals surface area contributed by atoms with Crippen molar-refractivity contribution in [2.75, 3.05) is 40.4 Å². The summed E-state index contributed by atoms with van der Waals surface area (Å²) < 4.78 is 10.6. The second-order valence-electron chi connectivity index (χ2n) is 6.57. The van der Waals surface area contributed by atoms with E-state index in [1.165, 1.54) is 5.56 Å². The van der Waals surface area contributed by atoms with Crippen LogP contribution < -0.4 is 9.47 Å². The van der Waals surface area contributed by atoms with Crippen molar-refractivity contribution in [1.82, 2.24) is 9.80 Å². The van der Waals surface area contributed by atoms with Crippen LogP contribution in [0.5, 0.6) is 11.5 Å². The Labute approximate surface area is 155 Å². The lowest BCUT2D eigenvalue weighted by Gasteiger charge is -2.35. The third-order valence-corrected chi connectivity index (χ3v) is 4.86. The topological polar surface area (TPSA) is 42.0 Å². The first-order valence-electron chi connectivity index (χ1n) is 8.90. The number of benzene rings is 2. The van der Waals surface area contributed by atoms with Crippen LogP contribution in [0.2, 0.25) is 0 Å². The number of rotatable bonds is 5. The normalized spacial score (nSPS) is 15.0. The van der Waals surface area contributed by atoms with Crippen molar-refractivity contribution < 1.29 is 14.3 Å². The zero-order chi connectivity index (χ0) is 18.5. The fourth-order valence-electron chi connectivity index (χ4n) is 3.40. The molecular formula is C21H26N2O3. The Hall–Kier alpha value is -2.53. The zero-order valence-corrected chi connectivity index (χ0v) is 15.7. The van der Waals surface area contributed by atoms with Crippen LogP contribution in [0.4, 0.5) is 0 Å². The molecule has 1 amide bonds. The third kappa shape index (κ3) is 3.99. The minimum Gasteiger partial charge on any atom is -0.496 e. The molecule has 1 heterocycles. The lowest BCUT2D eigenvalue weighted by molar-refractivity contribution is 0.0625. The predicted molar refractivity (Wildman–Crippen MR) is 102 cm³/mol. The van der Waals surface area contributed by atoms with Gasteiger partial charge in [-0.15, -0.1) is 0 Å². The number of hydrogen-bond acceptors (Lipinski definition) is 4. The van der Waals surface area contributed by atoms with E-state index in [0.29, 0.717) is 11.3 Å². The Bertz CT molecular complexity index is 768. The number of amides is 1. The summed E-state index contributed by atoms with van der Waals surface area (Å²) in [7, 11) is 3.29. The smallest absolute Gasteiger partial charge is 0.257 e. The molecule has 5 heteroatoms. The van der Waals surface area contributed by atoms with Gasteiger partial charge in [-0.05, 0) is 36.2 Å². The molecule has 5 nitrogen and oxygen atoms in total. The van der Waals surface area contributed by atoms with Gasteiger partial charge in [0.15, 0.2) is 0 Å². The highest BCUT2D eigenvalue weighted by Crippen LogP contribution is 2.22. The highest BCUT2D eigenvalue weighted by molar-refractivity contribution is 5.97. The van der Waals surface area contributed by atoms with Crippen LogP contribution in [0.15, 0.2) is 42.5 Å². The number of hydrogen-bond donors (Lipinski definition) is 0. The van der Waals surface area contributed by atoms with Gasteiger partial charge in [-0.25, -0.2) is 0 Å². The quantitative estimate of drug-likeness (QED) is 0.828. The molecule has 0 bridgehead atoms. The number of carbonyl (C=O) groups is 1. The van der Waals surface area contributed by atoms with Crippen LogP contribution in [0.25, 0.3) is 0 Å². The van der Waals surface area contributed by atoms with E-state index in [2.05, 4.69) is 24.0 Å². The molecule has 0 aliphatic carbocycles. The monoisotopic (exact) mass is 354 g/mol. The van der Waals surface area contributed by atoms with E-state index >= 15 is 0 Å². The van der Waals surface area contributed by atoms with Crippen molar-refractivity contribution in [3.05, 3.63) is 59.2 Å².